The number of aromatic nitrogens is 3. The van der Waals surface area contributed by atoms with Gasteiger partial charge in [-0.3, -0.25) is 4.79 Å². The summed E-state index contributed by atoms with van der Waals surface area (Å²) < 4.78 is 1.58. The lowest BCUT2D eigenvalue weighted by Crippen LogP contribution is -2.26. The Morgan fingerprint density at radius 3 is 3.04 bits per heavy atom. The Labute approximate surface area is 145 Å². The quantitative estimate of drug-likeness (QED) is 0.636. The lowest BCUT2D eigenvalue weighted by atomic mass is 10.1. The molecule has 2 aromatic heterocycles. The van der Waals surface area contributed by atoms with Crippen LogP contribution in [0.25, 0.3) is 5.65 Å². The summed E-state index contributed by atoms with van der Waals surface area (Å²) in [6.45, 7) is 0.641. The molecule has 1 amide bonds. The van der Waals surface area contributed by atoms with Crippen LogP contribution in [0.15, 0.2) is 36.5 Å². The van der Waals surface area contributed by atoms with Crippen molar-refractivity contribution in [2.45, 2.75) is 19.3 Å². The van der Waals surface area contributed by atoms with E-state index >= 15 is 0 Å². The van der Waals surface area contributed by atoms with Crippen molar-refractivity contribution in [3.63, 3.8) is 0 Å². The van der Waals surface area contributed by atoms with Crippen LogP contribution in [0.3, 0.4) is 0 Å². The van der Waals surface area contributed by atoms with Crippen LogP contribution < -0.4 is 16.0 Å². The zero-order valence-electron chi connectivity index (χ0n) is 14.0. The van der Waals surface area contributed by atoms with Crippen molar-refractivity contribution in [2.24, 2.45) is 0 Å². The van der Waals surface area contributed by atoms with E-state index in [2.05, 4.69) is 38.2 Å². The van der Waals surface area contributed by atoms with Crippen molar-refractivity contribution in [1.29, 1.82) is 0 Å². The van der Waals surface area contributed by atoms with Gasteiger partial charge in [0.1, 0.15) is 0 Å². The molecule has 0 saturated heterocycles. The first-order chi connectivity index (χ1) is 12.2. The van der Waals surface area contributed by atoms with Crippen LogP contribution in [0.4, 0.5) is 17.2 Å². The molecule has 7 nitrogen and oxygen atoms in total. The van der Waals surface area contributed by atoms with Gasteiger partial charge in [0, 0.05) is 25.3 Å². The predicted molar refractivity (Wildman–Crippen MR) is 97.5 cm³/mol. The van der Waals surface area contributed by atoms with E-state index in [4.69, 9.17) is 0 Å². The van der Waals surface area contributed by atoms with Gasteiger partial charge in [0.2, 0.25) is 0 Å². The SMILES string of the molecule is CNc1cc2nn3c(cnc13)C(=O)NCCCCc1cccc(c1)N2. The van der Waals surface area contributed by atoms with E-state index in [-0.39, 0.29) is 5.91 Å². The maximum atomic E-state index is 12.5. The highest BCUT2D eigenvalue weighted by Crippen LogP contribution is 2.23. The van der Waals surface area contributed by atoms with Gasteiger partial charge in [0.05, 0.1) is 11.9 Å². The van der Waals surface area contributed by atoms with Gasteiger partial charge in [-0.2, -0.15) is 0 Å². The summed E-state index contributed by atoms with van der Waals surface area (Å²) in [6.07, 6.45) is 4.51. The van der Waals surface area contributed by atoms with E-state index in [1.807, 2.05) is 25.2 Å². The third-order valence-corrected chi connectivity index (χ3v) is 4.35. The largest absolute Gasteiger partial charge is 0.385 e. The Kier molecular flexibility index (Phi) is 3.97. The summed E-state index contributed by atoms with van der Waals surface area (Å²) in [4.78, 5) is 16.8. The van der Waals surface area contributed by atoms with Crippen molar-refractivity contribution < 1.29 is 4.79 Å². The van der Waals surface area contributed by atoms with Crippen molar-refractivity contribution in [3.05, 3.63) is 47.8 Å². The van der Waals surface area contributed by atoms with Gasteiger partial charge < -0.3 is 16.0 Å². The minimum absolute atomic E-state index is 0.158. The molecule has 0 saturated carbocycles. The summed E-state index contributed by atoms with van der Waals surface area (Å²) >= 11 is 0. The number of nitrogens with one attached hydrogen (secondary N) is 3. The minimum atomic E-state index is -0.158. The molecule has 3 N–H and O–H groups in total. The molecule has 4 bridgehead atoms. The van der Waals surface area contributed by atoms with Gasteiger partial charge in [0.15, 0.2) is 17.2 Å². The van der Waals surface area contributed by atoms with Crippen LogP contribution >= 0.6 is 0 Å². The third kappa shape index (κ3) is 3.00. The van der Waals surface area contributed by atoms with E-state index in [0.717, 1.165) is 30.6 Å². The molecule has 3 aromatic rings. The Morgan fingerprint density at radius 1 is 1.24 bits per heavy atom. The number of imidazole rings is 1. The molecule has 0 spiro atoms. The highest BCUT2D eigenvalue weighted by Gasteiger charge is 2.16. The van der Waals surface area contributed by atoms with Crippen LogP contribution in [0.2, 0.25) is 0 Å². The first kappa shape index (κ1) is 15.4. The van der Waals surface area contributed by atoms with Crippen LogP contribution in [0.1, 0.15) is 28.9 Å². The van der Waals surface area contributed by atoms with Crippen LogP contribution in [-0.2, 0) is 6.42 Å². The number of fused-ring (bicyclic) bond motifs is 3. The number of rotatable bonds is 1. The average Bonchev–Trinajstić information content (AvgIpc) is 3.04. The molecule has 4 rings (SSSR count). The smallest absolute Gasteiger partial charge is 0.271 e. The molecule has 3 heterocycles. The number of nitrogens with zero attached hydrogens (tertiary/aromatic N) is 3. The van der Waals surface area contributed by atoms with E-state index in [1.165, 1.54) is 5.56 Å². The fourth-order valence-corrected chi connectivity index (χ4v) is 3.07. The van der Waals surface area contributed by atoms with Crippen molar-refractivity contribution in [2.75, 3.05) is 24.2 Å². The number of hydrogen-bond donors (Lipinski definition) is 3. The zero-order valence-corrected chi connectivity index (χ0v) is 14.0. The summed E-state index contributed by atoms with van der Waals surface area (Å²) in [7, 11) is 1.83. The number of carbonyl (C=O) groups excluding carboxylic acids is 1. The Balaban J connectivity index is 1.85. The van der Waals surface area contributed by atoms with Crippen molar-refractivity contribution in [1.82, 2.24) is 19.9 Å². The summed E-state index contributed by atoms with van der Waals surface area (Å²) in [5.41, 5.74) is 4.11. The number of carbonyl (C=O) groups is 1. The van der Waals surface area contributed by atoms with E-state index in [9.17, 15) is 4.79 Å². The Bertz CT molecular complexity index is 932. The molecule has 0 aliphatic carbocycles. The lowest BCUT2D eigenvalue weighted by Gasteiger charge is -2.12. The van der Waals surface area contributed by atoms with Gasteiger partial charge in [-0.1, -0.05) is 12.1 Å². The van der Waals surface area contributed by atoms with Gasteiger partial charge in [0.25, 0.3) is 5.91 Å². The normalized spacial score (nSPS) is 14.7. The molecule has 1 aliphatic rings. The monoisotopic (exact) mass is 336 g/mol. The maximum Gasteiger partial charge on any atom is 0.271 e. The number of hydrogen-bond acceptors (Lipinski definition) is 5. The first-order valence-corrected chi connectivity index (χ1v) is 8.45. The van der Waals surface area contributed by atoms with E-state index < -0.39 is 0 Å². The average molecular weight is 336 g/mol. The first-order valence-electron chi connectivity index (χ1n) is 8.45. The van der Waals surface area contributed by atoms with Gasteiger partial charge in [-0.15, -0.1) is 5.10 Å². The summed E-state index contributed by atoms with van der Waals surface area (Å²) in [5.74, 6) is 0.493. The van der Waals surface area contributed by atoms with Crippen molar-refractivity contribution >= 4 is 28.7 Å². The molecule has 1 aliphatic heterocycles. The number of amides is 1. The van der Waals surface area contributed by atoms with Gasteiger partial charge in [-0.05, 0) is 37.0 Å². The second-order valence-electron chi connectivity index (χ2n) is 6.11. The molecular formula is C18H20N6O. The Hall–Kier alpha value is -3.09. The minimum Gasteiger partial charge on any atom is -0.385 e. The molecule has 0 unspecified atom stereocenters. The van der Waals surface area contributed by atoms with E-state index in [1.54, 1.807) is 10.7 Å². The molecule has 0 radical (unpaired) electrons. The second-order valence-corrected chi connectivity index (χ2v) is 6.11. The van der Waals surface area contributed by atoms with Crippen LogP contribution in [0.5, 0.6) is 0 Å². The van der Waals surface area contributed by atoms with E-state index in [0.29, 0.717) is 23.7 Å². The fraction of sp³-hybridized carbons (Fsp3) is 0.278. The van der Waals surface area contributed by atoms with Gasteiger partial charge >= 0.3 is 0 Å². The highest BCUT2D eigenvalue weighted by atomic mass is 16.2. The molecule has 7 heteroatoms. The topological polar surface area (TPSA) is 83.3 Å². The zero-order chi connectivity index (χ0) is 17.2. The van der Waals surface area contributed by atoms with Crippen LogP contribution in [-0.4, -0.2) is 34.1 Å². The number of aryl methyl sites for hydroxylation is 1. The van der Waals surface area contributed by atoms with Gasteiger partial charge in [-0.25, -0.2) is 9.50 Å². The number of anilines is 3. The van der Waals surface area contributed by atoms with Crippen LogP contribution in [0, 0.1) is 0 Å². The molecule has 0 atom stereocenters. The van der Waals surface area contributed by atoms with Crippen molar-refractivity contribution in [3.8, 4) is 0 Å². The lowest BCUT2D eigenvalue weighted by molar-refractivity contribution is 0.0946. The Morgan fingerprint density at radius 2 is 2.16 bits per heavy atom. The molecule has 1 aromatic carbocycles. The fourth-order valence-electron chi connectivity index (χ4n) is 3.07. The molecule has 0 fully saturated rings. The second kappa shape index (κ2) is 6.43. The predicted octanol–water partition coefficient (Wildman–Crippen LogP) is 2.58. The summed E-state index contributed by atoms with van der Waals surface area (Å²) in [5, 5.41) is 14.0. The summed E-state index contributed by atoms with van der Waals surface area (Å²) in [6, 6.07) is 10.2. The third-order valence-electron chi connectivity index (χ3n) is 4.35. The molecule has 128 valence electrons. The standard InChI is InChI=1S/C18H20N6O/c1-19-14-10-16-22-13-7-4-6-12(9-13)5-2-3-8-20-18(25)15-11-21-17(14)24(15)23-16/h4,6-7,9-11,19H,2-3,5,8H2,1H3,(H,20,25)(H,22,23). The molecule has 25 heavy (non-hydrogen) atoms. The maximum absolute atomic E-state index is 12.5. The highest BCUT2D eigenvalue weighted by molar-refractivity contribution is 5.94. The molecular weight excluding hydrogens is 316 g/mol. The number of benzene rings is 1.